The van der Waals surface area contributed by atoms with Crippen molar-refractivity contribution in [1.82, 2.24) is 9.97 Å². The zero-order chi connectivity index (χ0) is 19.0. The Morgan fingerprint density at radius 3 is 1.65 bits per heavy atom. The molecule has 0 atom stereocenters. The Bertz CT molecular complexity index is 840. The van der Waals surface area contributed by atoms with Crippen LogP contribution in [0.5, 0.6) is 0 Å². The first-order valence-corrected chi connectivity index (χ1v) is 7.12. The van der Waals surface area contributed by atoms with Gasteiger partial charge in [-0.05, 0) is 37.1 Å². The predicted octanol–water partition coefficient (Wildman–Crippen LogP) is 2.08. The fraction of sp³-hybridized carbons (Fsp3) is 0.188. The molecule has 10 heteroatoms. The Labute approximate surface area is 159 Å². The average Bonchev–Trinajstić information content (AvgIpc) is 2.55. The van der Waals surface area contributed by atoms with E-state index in [1.807, 2.05) is 24.5 Å². The smallest absolute Gasteiger partial charge is 0.317 e. The molecule has 0 aliphatic carbocycles. The van der Waals surface area contributed by atoms with Crippen molar-refractivity contribution in [3.63, 3.8) is 0 Å². The van der Waals surface area contributed by atoms with Crippen molar-refractivity contribution in [2.75, 3.05) is 6.54 Å². The van der Waals surface area contributed by atoms with E-state index in [9.17, 15) is 4.79 Å². The number of hydrogen-bond donors (Lipinski definition) is 3. The fourth-order valence-electron chi connectivity index (χ4n) is 2.10. The number of nitrogens with two attached hydrogens (primary N) is 1. The van der Waals surface area contributed by atoms with Crippen molar-refractivity contribution in [1.29, 1.82) is 0 Å². The van der Waals surface area contributed by atoms with E-state index in [0.717, 1.165) is 11.0 Å². The van der Waals surface area contributed by atoms with Gasteiger partial charge < -0.3 is 16.0 Å². The minimum atomic E-state index is -1.50. The minimum Gasteiger partial charge on any atom is -0.480 e. The first-order chi connectivity index (χ1) is 11.8. The van der Waals surface area contributed by atoms with Crippen molar-refractivity contribution < 1.29 is 37.3 Å². The van der Waals surface area contributed by atoms with Crippen LogP contribution < -0.4 is 5.73 Å². The summed E-state index contributed by atoms with van der Waals surface area (Å²) in [7, 11) is 0. The molecule has 0 fully saturated rings. The maximum absolute atomic E-state index is 9.24. The molecule has 3 rings (SSSR count). The third-order valence-corrected chi connectivity index (χ3v) is 3.23. The van der Waals surface area contributed by atoms with E-state index in [0.29, 0.717) is 0 Å². The van der Waals surface area contributed by atoms with Gasteiger partial charge in [0.1, 0.15) is 0 Å². The summed E-state index contributed by atoms with van der Waals surface area (Å²) in [6.07, 6.45) is 3.70. The molecule has 1 radical (unpaired) electrons. The molecule has 3 aromatic rings. The van der Waals surface area contributed by atoms with Gasteiger partial charge in [-0.2, -0.15) is 0 Å². The van der Waals surface area contributed by atoms with Crippen LogP contribution in [0, 0.1) is 24.0 Å². The molecule has 1 aromatic carbocycles. The Kier molecular flexibility index (Phi) is 9.75. The molecule has 0 unspecified atom stereocenters. The van der Waals surface area contributed by atoms with Crippen LogP contribution >= 0.6 is 0 Å². The molecular formula is C16H18CuN4O5. The average molecular weight is 410 g/mol. The summed E-state index contributed by atoms with van der Waals surface area (Å²) >= 11 is 0. The number of carboxylic acid groups (broad SMARTS) is 1. The number of aromatic nitrogens is 2. The number of carbonyl (C=O) groups is 1. The SMILES string of the molecule is Cc1ccnc2c1ccc1c(C)ccnc12.NCC(=O)O.O=[N+]([O-])O.[Cu]. The van der Waals surface area contributed by atoms with Crippen molar-refractivity contribution in [2.45, 2.75) is 13.8 Å². The summed E-state index contributed by atoms with van der Waals surface area (Å²) in [6.45, 7) is 3.93. The minimum absolute atomic E-state index is 0. The third-order valence-electron chi connectivity index (χ3n) is 3.23. The molecule has 9 nitrogen and oxygen atoms in total. The van der Waals surface area contributed by atoms with Crippen molar-refractivity contribution in [3.8, 4) is 0 Å². The molecule has 26 heavy (non-hydrogen) atoms. The number of pyridine rings is 2. The Balaban J connectivity index is 0.000000532. The zero-order valence-electron chi connectivity index (χ0n) is 14.0. The fourth-order valence-corrected chi connectivity index (χ4v) is 2.10. The summed E-state index contributed by atoms with van der Waals surface area (Å²) in [4.78, 5) is 26.5. The van der Waals surface area contributed by atoms with Gasteiger partial charge in [0.05, 0.1) is 17.6 Å². The van der Waals surface area contributed by atoms with Gasteiger partial charge in [-0.1, -0.05) is 12.1 Å². The van der Waals surface area contributed by atoms with Crippen LogP contribution in [0.2, 0.25) is 0 Å². The number of hydrogen-bond acceptors (Lipinski definition) is 6. The van der Waals surface area contributed by atoms with Crippen LogP contribution in [0.4, 0.5) is 0 Å². The van der Waals surface area contributed by atoms with E-state index < -0.39 is 11.1 Å². The first-order valence-electron chi connectivity index (χ1n) is 7.12. The van der Waals surface area contributed by atoms with Crippen LogP contribution in [0.15, 0.2) is 36.7 Å². The number of aryl methyl sites for hydroxylation is 2. The molecule has 0 saturated heterocycles. The molecule has 2 heterocycles. The van der Waals surface area contributed by atoms with E-state index in [1.54, 1.807) is 0 Å². The van der Waals surface area contributed by atoms with Gasteiger partial charge in [-0.25, -0.2) is 0 Å². The molecule has 143 valence electrons. The number of fused-ring (bicyclic) bond motifs is 3. The number of benzene rings is 1. The van der Waals surface area contributed by atoms with Crippen LogP contribution in [0.1, 0.15) is 11.1 Å². The summed E-state index contributed by atoms with van der Waals surface area (Å²) in [6, 6.07) is 8.33. The second-order valence-electron chi connectivity index (χ2n) is 4.95. The number of rotatable bonds is 1. The van der Waals surface area contributed by atoms with Crippen molar-refractivity contribution in [2.24, 2.45) is 5.73 Å². The topological polar surface area (TPSA) is 152 Å². The second kappa shape index (κ2) is 10.9. The van der Waals surface area contributed by atoms with Gasteiger partial charge in [0.25, 0.3) is 5.09 Å². The number of aliphatic carboxylic acids is 1. The summed E-state index contributed by atoms with van der Waals surface area (Å²) < 4.78 is 0. The summed E-state index contributed by atoms with van der Waals surface area (Å²) in [5, 5.41) is 23.6. The third kappa shape index (κ3) is 6.59. The summed E-state index contributed by atoms with van der Waals surface area (Å²) in [5.74, 6) is -0.968. The largest absolute Gasteiger partial charge is 0.480 e. The molecule has 0 saturated carbocycles. The standard InChI is InChI=1S/C14H12N2.C2H5NO2.Cu.HNO3/c1-9-5-7-15-13-11(9)3-4-12-10(2)6-8-16-14(12)13;3-1-2(4)5;;2-1(3)4/h3-8H,1-2H3;1,3H2,(H,4,5);;(H,2,3,4). The number of carboxylic acids is 1. The van der Waals surface area contributed by atoms with Crippen molar-refractivity contribution in [3.05, 3.63) is 57.9 Å². The Morgan fingerprint density at radius 1 is 1.08 bits per heavy atom. The van der Waals surface area contributed by atoms with Crippen LogP contribution in [-0.4, -0.2) is 37.9 Å². The number of nitrogens with zero attached hydrogens (tertiary/aromatic N) is 3. The van der Waals surface area contributed by atoms with E-state index in [1.165, 1.54) is 21.9 Å². The van der Waals surface area contributed by atoms with E-state index in [2.05, 4.69) is 41.7 Å². The quantitative estimate of drug-likeness (QED) is 0.239. The van der Waals surface area contributed by atoms with Gasteiger partial charge in [0.15, 0.2) is 0 Å². The first kappa shape index (κ1) is 23.2. The monoisotopic (exact) mass is 409 g/mol. The van der Waals surface area contributed by atoms with E-state index >= 15 is 0 Å². The molecule has 0 amide bonds. The molecule has 2 aromatic heterocycles. The van der Waals surface area contributed by atoms with E-state index in [-0.39, 0.29) is 23.6 Å². The molecule has 0 spiro atoms. The normalized spacial score (nSPS) is 9.19. The zero-order valence-corrected chi connectivity index (χ0v) is 15.0. The van der Waals surface area contributed by atoms with Crippen LogP contribution in [0.25, 0.3) is 21.8 Å². The van der Waals surface area contributed by atoms with Crippen LogP contribution in [0.3, 0.4) is 0 Å². The maximum atomic E-state index is 9.24. The second-order valence-corrected chi connectivity index (χ2v) is 4.95. The Hall–Kier alpha value is -2.81. The van der Waals surface area contributed by atoms with Gasteiger partial charge in [-0.15, -0.1) is 10.1 Å². The molecular weight excluding hydrogens is 392 g/mol. The molecule has 4 N–H and O–H groups in total. The maximum Gasteiger partial charge on any atom is 0.317 e. The molecule has 0 bridgehead atoms. The van der Waals surface area contributed by atoms with Gasteiger partial charge in [-0.3, -0.25) is 14.8 Å². The summed E-state index contributed by atoms with van der Waals surface area (Å²) in [5.41, 5.74) is 9.07. The van der Waals surface area contributed by atoms with Crippen LogP contribution in [-0.2, 0) is 21.9 Å². The Morgan fingerprint density at radius 2 is 1.38 bits per heavy atom. The van der Waals surface area contributed by atoms with Crippen molar-refractivity contribution >= 4 is 27.8 Å². The van der Waals surface area contributed by atoms with Gasteiger partial charge in [0.2, 0.25) is 0 Å². The predicted molar refractivity (Wildman–Crippen MR) is 92.0 cm³/mol. The van der Waals surface area contributed by atoms with Gasteiger partial charge >= 0.3 is 5.97 Å². The molecule has 0 aliphatic rings. The van der Waals surface area contributed by atoms with Gasteiger partial charge in [0, 0.05) is 40.2 Å². The molecule has 0 aliphatic heterocycles. The van der Waals surface area contributed by atoms with E-state index in [4.69, 9.17) is 20.4 Å².